The summed E-state index contributed by atoms with van der Waals surface area (Å²) in [7, 11) is 0. The number of piperidine rings is 1. The monoisotopic (exact) mass is 473 g/mol. The van der Waals surface area contributed by atoms with Gasteiger partial charge in [-0.05, 0) is 75.4 Å². The Morgan fingerprint density at radius 2 is 1.57 bits per heavy atom. The fourth-order valence-corrected chi connectivity index (χ4v) is 3.90. The molecule has 1 aliphatic heterocycles. The quantitative estimate of drug-likeness (QED) is 0.491. The first-order valence-corrected chi connectivity index (χ1v) is 11.9. The molecule has 2 heterocycles. The zero-order valence-corrected chi connectivity index (χ0v) is 20.4. The molecular weight excluding hydrogens is 442 g/mol. The van der Waals surface area contributed by atoms with Crippen molar-refractivity contribution >= 4 is 29.2 Å². The maximum atomic E-state index is 13.0. The number of ether oxygens (including phenoxy) is 1. The van der Waals surface area contributed by atoms with Gasteiger partial charge in [-0.1, -0.05) is 36.4 Å². The Morgan fingerprint density at radius 3 is 2.23 bits per heavy atom. The Kier molecular flexibility index (Phi) is 7.29. The number of anilines is 3. The van der Waals surface area contributed by atoms with E-state index in [0.717, 1.165) is 42.9 Å². The van der Waals surface area contributed by atoms with Crippen molar-refractivity contribution in [1.29, 1.82) is 0 Å². The van der Waals surface area contributed by atoms with Crippen LogP contribution in [0.3, 0.4) is 0 Å². The molecule has 8 heteroatoms. The molecule has 1 aliphatic rings. The van der Waals surface area contributed by atoms with Gasteiger partial charge in [0.2, 0.25) is 0 Å². The average Bonchev–Trinajstić information content (AvgIpc) is 2.85. The lowest BCUT2D eigenvalue weighted by molar-refractivity contribution is 0.0635. The predicted molar refractivity (Wildman–Crippen MR) is 138 cm³/mol. The summed E-state index contributed by atoms with van der Waals surface area (Å²) in [6, 6.07) is 18.7. The second-order valence-electron chi connectivity index (χ2n) is 9.53. The number of carbonyl (C=O) groups excluding carboxylic acids is 2. The maximum Gasteiger partial charge on any atom is 0.412 e. The number of aromatic nitrogens is 2. The van der Waals surface area contributed by atoms with Crippen molar-refractivity contribution in [2.45, 2.75) is 45.6 Å². The van der Waals surface area contributed by atoms with Crippen molar-refractivity contribution in [2.75, 3.05) is 28.6 Å². The highest BCUT2D eigenvalue weighted by atomic mass is 16.6. The highest BCUT2D eigenvalue weighted by molar-refractivity contribution is 6.06. The molecule has 182 valence electrons. The molecule has 2 N–H and O–H groups in total. The molecule has 0 unspecified atom stereocenters. The summed E-state index contributed by atoms with van der Waals surface area (Å²) >= 11 is 0. The molecule has 2 aromatic carbocycles. The minimum absolute atomic E-state index is 0.194. The summed E-state index contributed by atoms with van der Waals surface area (Å²) in [5.74, 6) is 0.361. The van der Waals surface area contributed by atoms with Crippen LogP contribution in [-0.2, 0) is 4.74 Å². The Bertz CT molecular complexity index is 1170. The molecule has 0 spiro atoms. The highest BCUT2D eigenvalue weighted by Gasteiger charge is 2.19. The number of rotatable bonds is 5. The largest absolute Gasteiger partial charge is 0.444 e. The second-order valence-corrected chi connectivity index (χ2v) is 9.53. The van der Waals surface area contributed by atoms with Crippen LogP contribution in [0.4, 0.5) is 22.0 Å². The first-order chi connectivity index (χ1) is 16.8. The van der Waals surface area contributed by atoms with Crippen LogP contribution < -0.4 is 15.5 Å². The fourth-order valence-electron chi connectivity index (χ4n) is 3.90. The summed E-state index contributed by atoms with van der Waals surface area (Å²) in [5.41, 5.74) is 2.27. The first-order valence-electron chi connectivity index (χ1n) is 11.9. The molecule has 3 aromatic rings. The topological polar surface area (TPSA) is 96.5 Å². The van der Waals surface area contributed by atoms with Crippen molar-refractivity contribution in [1.82, 2.24) is 10.2 Å². The SMILES string of the molecule is CC(C)(C)OC(=O)Nc1ccc(-c2ccccc2)cc1NC(=O)c1ccc(N2CCCCC2)nn1. The predicted octanol–water partition coefficient (Wildman–Crippen LogP) is 5.73. The molecule has 2 amide bonds. The zero-order valence-electron chi connectivity index (χ0n) is 20.4. The van der Waals surface area contributed by atoms with Crippen LogP contribution in [-0.4, -0.2) is 40.9 Å². The summed E-state index contributed by atoms with van der Waals surface area (Å²) in [5, 5.41) is 14.0. The van der Waals surface area contributed by atoms with Crippen LogP contribution >= 0.6 is 0 Å². The van der Waals surface area contributed by atoms with Crippen LogP contribution in [0, 0.1) is 0 Å². The van der Waals surface area contributed by atoms with Crippen LogP contribution in [0.5, 0.6) is 0 Å². The molecule has 1 saturated heterocycles. The number of carbonyl (C=O) groups is 2. The molecule has 0 aliphatic carbocycles. The standard InChI is InChI=1S/C27H31N5O3/c1-27(2,3)35-26(34)29-21-13-12-20(19-10-6-4-7-11-19)18-23(21)28-25(33)22-14-15-24(31-30-22)32-16-8-5-9-17-32/h4,6-7,10-15,18H,5,8-9,16-17H2,1-3H3,(H,28,33)(H,29,34). The van der Waals surface area contributed by atoms with Gasteiger partial charge in [-0.25, -0.2) is 4.79 Å². The number of hydrogen-bond donors (Lipinski definition) is 2. The summed E-state index contributed by atoms with van der Waals surface area (Å²) < 4.78 is 5.38. The van der Waals surface area contributed by atoms with E-state index in [1.165, 1.54) is 6.42 Å². The van der Waals surface area contributed by atoms with Crippen molar-refractivity contribution < 1.29 is 14.3 Å². The van der Waals surface area contributed by atoms with E-state index in [1.807, 2.05) is 48.5 Å². The second kappa shape index (κ2) is 10.5. The Balaban J connectivity index is 1.56. The van der Waals surface area contributed by atoms with Gasteiger partial charge in [0.05, 0.1) is 11.4 Å². The minimum Gasteiger partial charge on any atom is -0.444 e. The Hall–Kier alpha value is -3.94. The van der Waals surface area contributed by atoms with E-state index in [2.05, 4.69) is 25.7 Å². The molecular formula is C27H31N5O3. The molecule has 8 nitrogen and oxygen atoms in total. The summed E-state index contributed by atoms with van der Waals surface area (Å²) in [6.45, 7) is 7.28. The lowest BCUT2D eigenvalue weighted by Crippen LogP contribution is -2.30. The van der Waals surface area contributed by atoms with Gasteiger partial charge in [0.15, 0.2) is 11.5 Å². The molecule has 0 bridgehead atoms. The van der Waals surface area contributed by atoms with Crippen molar-refractivity contribution in [3.05, 3.63) is 66.4 Å². The van der Waals surface area contributed by atoms with Gasteiger partial charge < -0.3 is 15.0 Å². The van der Waals surface area contributed by atoms with Gasteiger partial charge >= 0.3 is 6.09 Å². The normalized spacial score (nSPS) is 13.7. The highest BCUT2D eigenvalue weighted by Crippen LogP contribution is 2.30. The minimum atomic E-state index is -0.650. The van der Waals surface area contributed by atoms with Crippen LogP contribution in [0.15, 0.2) is 60.7 Å². The lowest BCUT2D eigenvalue weighted by Gasteiger charge is -2.27. The molecule has 0 atom stereocenters. The van der Waals surface area contributed by atoms with E-state index in [4.69, 9.17) is 4.74 Å². The number of nitrogens with one attached hydrogen (secondary N) is 2. The fraction of sp³-hybridized carbons (Fsp3) is 0.333. The summed E-state index contributed by atoms with van der Waals surface area (Å²) in [6.07, 6.45) is 2.89. The number of hydrogen-bond acceptors (Lipinski definition) is 6. The molecule has 4 rings (SSSR count). The van der Waals surface area contributed by atoms with Gasteiger partial charge in [-0.2, -0.15) is 0 Å². The number of benzene rings is 2. The molecule has 1 fully saturated rings. The maximum absolute atomic E-state index is 13.0. The zero-order chi connectivity index (χ0) is 24.8. The van der Waals surface area contributed by atoms with Gasteiger partial charge in [-0.3, -0.25) is 10.1 Å². The van der Waals surface area contributed by atoms with E-state index in [-0.39, 0.29) is 5.69 Å². The van der Waals surface area contributed by atoms with Crippen LogP contribution in [0.2, 0.25) is 0 Å². The van der Waals surface area contributed by atoms with Gasteiger partial charge in [0, 0.05) is 13.1 Å². The van der Waals surface area contributed by atoms with E-state index in [9.17, 15) is 9.59 Å². The number of nitrogens with zero attached hydrogens (tertiary/aromatic N) is 3. The molecule has 0 radical (unpaired) electrons. The van der Waals surface area contributed by atoms with Crippen molar-refractivity contribution in [3.8, 4) is 11.1 Å². The molecule has 1 aromatic heterocycles. The molecule has 35 heavy (non-hydrogen) atoms. The third-order valence-electron chi connectivity index (χ3n) is 5.57. The van der Waals surface area contributed by atoms with E-state index < -0.39 is 17.6 Å². The van der Waals surface area contributed by atoms with Crippen LogP contribution in [0.1, 0.15) is 50.5 Å². The third kappa shape index (κ3) is 6.56. The first kappa shape index (κ1) is 24.2. The van der Waals surface area contributed by atoms with Gasteiger partial charge in [0.25, 0.3) is 5.91 Å². The van der Waals surface area contributed by atoms with Gasteiger partial charge in [0.1, 0.15) is 5.60 Å². The lowest BCUT2D eigenvalue weighted by atomic mass is 10.0. The van der Waals surface area contributed by atoms with E-state index in [0.29, 0.717) is 11.4 Å². The van der Waals surface area contributed by atoms with Crippen LogP contribution in [0.25, 0.3) is 11.1 Å². The number of amides is 2. The van der Waals surface area contributed by atoms with Crippen molar-refractivity contribution in [2.24, 2.45) is 0 Å². The summed E-state index contributed by atoms with van der Waals surface area (Å²) in [4.78, 5) is 27.6. The van der Waals surface area contributed by atoms with E-state index in [1.54, 1.807) is 32.9 Å². The van der Waals surface area contributed by atoms with E-state index >= 15 is 0 Å². The smallest absolute Gasteiger partial charge is 0.412 e. The van der Waals surface area contributed by atoms with Crippen molar-refractivity contribution in [3.63, 3.8) is 0 Å². The molecule has 0 saturated carbocycles. The Labute approximate surface area is 205 Å². The third-order valence-corrected chi connectivity index (χ3v) is 5.57. The van der Waals surface area contributed by atoms with Gasteiger partial charge in [-0.15, -0.1) is 10.2 Å². The Morgan fingerprint density at radius 1 is 0.829 bits per heavy atom. The average molecular weight is 474 g/mol.